The Hall–Kier alpha value is -2.91. The van der Waals surface area contributed by atoms with Crippen LogP contribution in [0.15, 0.2) is 53.7 Å². The first-order valence-electron chi connectivity index (χ1n) is 10.3. The predicted molar refractivity (Wildman–Crippen MR) is 129 cm³/mol. The largest absolute Gasteiger partial charge is 0.497 e. The smallest absolute Gasteiger partial charge is 0.233 e. The highest BCUT2D eigenvalue weighted by Gasteiger charge is 2.22. The van der Waals surface area contributed by atoms with Gasteiger partial charge in [-0.3, -0.25) is 4.79 Å². The number of hydrogen-bond donors (Lipinski definition) is 0. The molecule has 7 nitrogen and oxygen atoms in total. The average Bonchev–Trinajstić information content (AvgIpc) is 3.45. The van der Waals surface area contributed by atoms with E-state index in [9.17, 15) is 4.79 Å². The Morgan fingerprint density at radius 3 is 2.62 bits per heavy atom. The Labute approximate surface area is 195 Å². The van der Waals surface area contributed by atoms with Crippen molar-refractivity contribution in [2.45, 2.75) is 31.6 Å². The zero-order valence-corrected chi connectivity index (χ0v) is 20.1. The molecule has 1 amide bonds. The van der Waals surface area contributed by atoms with E-state index >= 15 is 0 Å². The first-order valence-corrected chi connectivity index (χ1v) is 12.1. The topological polar surface area (TPSA) is 73.1 Å². The van der Waals surface area contributed by atoms with E-state index in [4.69, 9.17) is 9.72 Å². The lowest BCUT2D eigenvalue weighted by Crippen LogP contribution is -2.31. The van der Waals surface area contributed by atoms with Gasteiger partial charge in [0.15, 0.2) is 11.0 Å². The van der Waals surface area contributed by atoms with Gasteiger partial charge in [-0.25, -0.2) is 4.98 Å². The van der Waals surface area contributed by atoms with E-state index in [-0.39, 0.29) is 17.7 Å². The van der Waals surface area contributed by atoms with Crippen LogP contribution in [0.4, 0.5) is 0 Å². The van der Waals surface area contributed by atoms with Crippen molar-refractivity contribution >= 4 is 39.2 Å². The highest BCUT2D eigenvalue weighted by atomic mass is 32.2. The second kappa shape index (κ2) is 9.70. The van der Waals surface area contributed by atoms with Gasteiger partial charge < -0.3 is 14.2 Å². The summed E-state index contributed by atoms with van der Waals surface area (Å²) in [6.45, 7) is 4.77. The van der Waals surface area contributed by atoms with Crippen molar-refractivity contribution in [1.29, 1.82) is 0 Å². The van der Waals surface area contributed by atoms with Gasteiger partial charge in [0.2, 0.25) is 5.91 Å². The number of aromatic nitrogens is 4. The monoisotopic (exact) mass is 467 g/mol. The number of thioether (sulfide) groups is 1. The molecule has 2 aromatic heterocycles. The number of fused-ring (bicyclic) bond motifs is 1. The SMILES string of the molecule is CCn1c(SCC(=O)N(C)[C@@H](C)c2nc3ccccc3s2)nnc1-c1ccc(OC)cc1. The molecule has 0 saturated carbocycles. The number of nitrogens with zero attached hydrogens (tertiary/aromatic N) is 5. The Morgan fingerprint density at radius 1 is 1.19 bits per heavy atom. The number of carbonyl (C=O) groups excluding carboxylic acids is 1. The van der Waals surface area contributed by atoms with Crippen LogP contribution in [0.25, 0.3) is 21.6 Å². The molecule has 0 unspecified atom stereocenters. The molecule has 32 heavy (non-hydrogen) atoms. The molecular weight excluding hydrogens is 442 g/mol. The van der Waals surface area contributed by atoms with Gasteiger partial charge in [-0.15, -0.1) is 21.5 Å². The van der Waals surface area contributed by atoms with Crippen LogP contribution < -0.4 is 4.74 Å². The molecule has 2 heterocycles. The van der Waals surface area contributed by atoms with E-state index in [1.165, 1.54) is 11.8 Å². The Kier molecular flexibility index (Phi) is 6.76. The van der Waals surface area contributed by atoms with Crippen LogP contribution in [0.3, 0.4) is 0 Å². The summed E-state index contributed by atoms with van der Waals surface area (Å²) in [4.78, 5) is 19.3. The van der Waals surface area contributed by atoms with Gasteiger partial charge in [-0.1, -0.05) is 23.9 Å². The molecule has 2 aromatic carbocycles. The predicted octanol–water partition coefficient (Wildman–Crippen LogP) is 4.90. The second-order valence-corrected chi connectivity index (χ2v) is 9.27. The van der Waals surface area contributed by atoms with Crippen LogP contribution in [-0.2, 0) is 11.3 Å². The van der Waals surface area contributed by atoms with E-state index in [1.807, 2.05) is 67.9 Å². The van der Waals surface area contributed by atoms with Gasteiger partial charge in [-0.05, 0) is 50.2 Å². The summed E-state index contributed by atoms with van der Waals surface area (Å²) < 4.78 is 8.39. The molecule has 166 valence electrons. The van der Waals surface area contributed by atoms with Gasteiger partial charge in [0.1, 0.15) is 10.8 Å². The number of methoxy groups -OCH3 is 1. The summed E-state index contributed by atoms with van der Waals surface area (Å²) in [6.07, 6.45) is 0. The van der Waals surface area contributed by atoms with Gasteiger partial charge >= 0.3 is 0 Å². The number of carbonyl (C=O) groups is 1. The third-order valence-electron chi connectivity index (χ3n) is 5.35. The number of rotatable bonds is 8. The third kappa shape index (κ3) is 4.49. The molecule has 0 aliphatic heterocycles. The molecular formula is C23H25N5O2S2. The molecule has 9 heteroatoms. The fraction of sp³-hybridized carbons (Fsp3) is 0.304. The number of hydrogen-bond acceptors (Lipinski definition) is 7. The fourth-order valence-corrected chi connectivity index (χ4v) is 5.30. The van der Waals surface area contributed by atoms with Gasteiger partial charge in [0.05, 0.1) is 29.1 Å². The molecule has 0 N–H and O–H groups in total. The molecule has 0 saturated heterocycles. The first-order chi connectivity index (χ1) is 15.5. The number of benzene rings is 2. The summed E-state index contributed by atoms with van der Waals surface area (Å²) in [6, 6.07) is 15.7. The summed E-state index contributed by atoms with van der Waals surface area (Å²) in [5, 5.41) is 10.4. The second-order valence-electron chi connectivity index (χ2n) is 7.27. The highest BCUT2D eigenvalue weighted by Crippen LogP contribution is 2.30. The van der Waals surface area contributed by atoms with E-state index < -0.39 is 0 Å². The van der Waals surface area contributed by atoms with Crippen LogP contribution in [0, 0.1) is 0 Å². The van der Waals surface area contributed by atoms with Crippen LogP contribution in [-0.4, -0.2) is 50.5 Å². The molecule has 0 aliphatic carbocycles. The minimum Gasteiger partial charge on any atom is -0.497 e. The number of para-hydroxylation sites is 1. The lowest BCUT2D eigenvalue weighted by atomic mass is 10.2. The van der Waals surface area contributed by atoms with Crippen LogP contribution in [0.5, 0.6) is 5.75 Å². The standard InChI is InChI=1S/C23H25N5O2S2/c1-5-28-21(16-10-12-17(30-4)13-11-16)25-26-23(28)31-14-20(29)27(3)15(2)22-24-18-8-6-7-9-19(18)32-22/h6-13,15H,5,14H2,1-4H3/t15-/m0/s1. The Bertz CT molecular complexity index is 1190. The van der Waals surface area contributed by atoms with Crippen LogP contribution >= 0.6 is 23.1 Å². The lowest BCUT2D eigenvalue weighted by molar-refractivity contribution is -0.128. The van der Waals surface area contributed by atoms with Gasteiger partial charge in [-0.2, -0.15) is 0 Å². The van der Waals surface area contributed by atoms with E-state index in [2.05, 4.69) is 16.3 Å². The maximum atomic E-state index is 12.9. The summed E-state index contributed by atoms with van der Waals surface area (Å²) in [7, 11) is 3.47. The van der Waals surface area contributed by atoms with Crippen molar-refractivity contribution in [1.82, 2.24) is 24.6 Å². The molecule has 4 rings (SSSR count). The zero-order valence-electron chi connectivity index (χ0n) is 18.5. The molecule has 0 fully saturated rings. The van der Waals surface area contributed by atoms with Crippen molar-refractivity contribution in [3.63, 3.8) is 0 Å². The van der Waals surface area contributed by atoms with E-state index in [0.29, 0.717) is 6.54 Å². The summed E-state index contributed by atoms with van der Waals surface area (Å²) >= 11 is 3.03. The highest BCUT2D eigenvalue weighted by molar-refractivity contribution is 7.99. The van der Waals surface area contributed by atoms with Crippen molar-refractivity contribution < 1.29 is 9.53 Å². The van der Waals surface area contributed by atoms with E-state index in [0.717, 1.165) is 37.5 Å². The molecule has 0 radical (unpaired) electrons. The van der Waals surface area contributed by atoms with Crippen molar-refractivity contribution in [3.8, 4) is 17.1 Å². The summed E-state index contributed by atoms with van der Waals surface area (Å²) in [5.74, 6) is 1.88. The fourth-order valence-electron chi connectivity index (χ4n) is 3.31. The quantitative estimate of drug-likeness (QED) is 0.343. The van der Waals surface area contributed by atoms with Crippen molar-refractivity contribution in [2.24, 2.45) is 0 Å². The maximum absolute atomic E-state index is 12.9. The minimum absolute atomic E-state index is 0.0263. The van der Waals surface area contributed by atoms with Gasteiger partial charge in [0, 0.05) is 19.2 Å². The third-order valence-corrected chi connectivity index (χ3v) is 7.51. The normalized spacial score (nSPS) is 12.1. The molecule has 4 aromatic rings. The zero-order chi connectivity index (χ0) is 22.7. The van der Waals surface area contributed by atoms with E-state index in [1.54, 1.807) is 23.3 Å². The summed E-state index contributed by atoms with van der Waals surface area (Å²) in [5.41, 5.74) is 1.93. The van der Waals surface area contributed by atoms with Crippen molar-refractivity contribution in [2.75, 3.05) is 19.9 Å². The van der Waals surface area contributed by atoms with Crippen LogP contribution in [0.2, 0.25) is 0 Å². The Balaban J connectivity index is 1.44. The van der Waals surface area contributed by atoms with Crippen LogP contribution in [0.1, 0.15) is 24.9 Å². The minimum atomic E-state index is -0.0978. The molecule has 0 bridgehead atoms. The Morgan fingerprint density at radius 2 is 1.94 bits per heavy atom. The number of thiazole rings is 1. The molecule has 0 spiro atoms. The average molecular weight is 468 g/mol. The molecule has 0 aliphatic rings. The first kappa shape index (κ1) is 22.3. The maximum Gasteiger partial charge on any atom is 0.233 e. The number of amides is 1. The van der Waals surface area contributed by atoms with Crippen molar-refractivity contribution in [3.05, 3.63) is 53.5 Å². The van der Waals surface area contributed by atoms with Gasteiger partial charge in [0.25, 0.3) is 0 Å². The number of ether oxygens (including phenoxy) is 1. The molecule has 1 atom stereocenters. The lowest BCUT2D eigenvalue weighted by Gasteiger charge is -2.23.